The lowest BCUT2D eigenvalue weighted by Crippen LogP contribution is -2.47. The zero-order chi connectivity index (χ0) is 19.2. The molecule has 1 atom stereocenters. The lowest BCUT2D eigenvalue weighted by molar-refractivity contribution is -0.122. The SMILES string of the molecule is CCNC(=O)C(Cc1ccccc1)NS(=O)(=O)c1cc(Cl)ccc1OC. The molecule has 0 aromatic heterocycles. The van der Waals surface area contributed by atoms with Gasteiger partial charge in [0.1, 0.15) is 16.7 Å². The van der Waals surface area contributed by atoms with Gasteiger partial charge in [0.2, 0.25) is 15.9 Å². The monoisotopic (exact) mass is 396 g/mol. The van der Waals surface area contributed by atoms with E-state index in [9.17, 15) is 13.2 Å². The summed E-state index contributed by atoms with van der Waals surface area (Å²) in [5, 5.41) is 2.91. The van der Waals surface area contributed by atoms with Crippen LogP contribution in [-0.2, 0) is 21.2 Å². The van der Waals surface area contributed by atoms with Crippen molar-refractivity contribution in [3.63, 3.8) is 0 Å². The summed E-state index contributed by atoms with van der Waals surface area (Å²) in [6.07, 6.45) is 0.217. The van der Waals surface area contributed by atoms with Gasteiger partial charge < -0.3 is 10.1 Å². The van der Waals surface area contributed by atoms with Gasteiger partial charge in [-0.05, 0) is 37.1 Å². The van der Waals surface area contributed by atoms with E-state index >= 15 is 0 Å². The van der Waals surface area contributed by atoms with Crippen molar-refractivity contribution in [2.24, 2.45) is 0 Å². The number of nitrogens with one attached hydrogen (secondary N) is 2. The van der Waals surface area contributed by atoms with Crippen LogP contribution in [0.3, 0.4) is 0 Å². The standard InChI is InChI=1S/C18H21ClN2O4S/c1-3-20-18(22)15(11-13-7-5-4-6-8-13)21-26(23,24)17-12-14(19)9-10-16(17)25-2/h4-10,12,15,21H,3,11H2,1-2H3,(H,20,22). The van der Waals surface area contributed by atoms with Crippen LogP contribution in [0.2, 0.25) is 5.02 Å². The number of hydrogen-bond donors (Lipinski definition) is 2. The zero-order valence-corrected chi connectivity index (χ0v) is 16.1. The minimum Gasteiger partial charge on any atom is -0.495 e. The quantitative estimate of drug-likeness (QED) is 0.717. The summed E-state index contributed by atoms with van der Waals surface area (Å²) in [6, 6.07) is 12.5. The van der Waals surface area contributed by atoms with Crippen molar-refractivity contribution in [2.45, 2.75) is 24.3 Å². The summed E-state index contributed by atoms with van der Waals surface area (Å²) in [6.45, 7) is 2.16. The molecule has 0 saturated carbocycles. The molecular formula is C18H21ClN2O4S. The Morgan fingerprint density at radius 1 is 1.19 bits per heavy atom. The third kappa shape index (κ3) is 5.20. The van der Waals surface area contributed by atoms with E-state index in [1.807, 2.05) is 30.3 Å². The molecule has 0 spiro atoms. The van der Waals surface area contributed by atoms with E-state index in [1.165, 1.54) is 25.3 Å². The summed E-state index contributed by atoms with van der Waals surface area (Å²) in [5.41, 5.74) is 0.838. The number of sulfonamides is 1. The first-order valence-electron chi connectivity index (χ1n) is 8.05. The number of amides is 1. The molecule has 26 heavy (non-hydrogen) atoms. The summed E-state index contributed by atoms with van der Waals surface area (Å²) in [4.78, 5) is 12.3. The van der Waals surface area contributed by atoms with E-state index in [1.54, 1.807) is 6.92 Å². The maximum atomic E-state index is 12.8. The molecule has 2 rings (SSSR count). The Morgan fingerprint density at radius 2 is 1.88 bits per heavy atom. The highest BCUT2D eigenvalue weighted by atomic mass is 35.5. The van der Waals surface area contributed by atoms with Crippen molar-refractivity contribution < 1.29 is 17.9 Å². The first kappa shape index (κ1) is 20.2. The Morgan fingerprint density at radius 3 is 2.50 bits per heavy atom. The van der Waals surface area contributed by atoms with Crippen LogP contribution in [0.1, 0.15) is 12.5 Å². The molecule has 0 aliphatic heterocycles. The first-order valence-corrected chi connectivity index (χ1v) is 9.91. The van der Waals surface area contributed by atoms with Gasteiger partial charge in [-0.2, -0.15) is 4.72 Å². The third-order valence-corrected chi connectivity index (χ3v) is 5.39. The highest BCUT2D eigenvalue weighted by Crippen LogP contribution is 2.27. The number of carbonyl (C=O) groups excluding carboxylic acids is 1. The van der Waals surface area contributed by atoms with Crippen molar-refractivity contribution in [3.05, 3.63) is 59.1 Å². The average Bonchev–Trinajstić information content (AvgIpc) is 2.62. The average molecular weight is 397 g/mol. The van der Waals surface area contributed by atoms with Crippen molar-refractivity contribution in [1.29, 1.82) is 0 Å². The maximum Gasteiger partial charge on any atom is 0.245 e. The molecule has 2 N–H and O–H groups in total. The number of halogens is 1. The minimum atomic E-state index is -4.03. The fraction of sp³-hybridized carbons (Fsp3) is 0.278. The Kier molecular flexibility index (Phi) is 7.02. The second-order valence-corrected chi connectivity index (χ2v) is 7.67. The fourth-order valence-electron chi connectivity index (χ4n) is 2.45. The van der Waals surface area contributed by atoms with E-state index in [-0.39, 0.29) is 22.1 Å². The highest BCUT2D eigenvalue weighted by molar-refractivity contribution is 7.89. The molecule has 140 valence electrons. The minimum absolute atomic E-state index is 0.116. The van der Waals surface area contributed by atoms with Crippen molar-refractivity contribution >= 4 is 27.5 Å². The van der Waals surface area contributed by atoms with Gasteiger partial charge in [-0.25, -0.2) is 8.42 Å². The number of rotatable bonds is 8. The molecule has 6 nitrogen and oxygen atoms in total. The molecule has 2 aromatic carbocycles. The lowest BCUT2D eigenvalue weighted by Gasteiger charge is -2.19. The van der Waals surface area contributed by atoms with Gasteiger partial charge in [-0.15, -0.1) is 0 Å². The third-order valence-electron chi connectivity index (χ3n) is 3.66. The van der Waals surface area contributed by atoms with Crippen LogP contribution in [0, 0.1) is 0 Å². The Labute approximate surface area is 158 Å². The summed E-state index contributed by atoms with van der Waals surface area (Å²) < 4.78 is 33.3. The van der Waals surface area contributed by atoms with E-state index in [0.29, 0.717) is 6.54 Å². The van der Waals surface area contributed by atoms with E-state index < -0.39 is 22.0 Å². The molecule has 1 amide bonds. The van der Waals surface area contributed by atoms with Crippen LogP contribution in [0.4, 0.5) is 0 Å². The van der Waals surface area contributed by atoms with Crippen LogP contribution in [0.15, 0.2) is 53.4 Å². The Hall–Kier alpha value is -2.09. The second kappa shape index (κ2) is 9.02. The van der Waals surface area contributed by atoms with E-state index in [4.69, 9.17) is 16.3 Å². The van der Waals surface area contributed by atoms with Gasteiger partial charge >= 0.3 is 0 Å². The summed E-state index contributed by atoms with van der Waals surface area (Å²) >= 11 is 5.93. The predicted molar refractivity (Wildman–Crippen MR) is 101 cm³/mol. The summed E-state index contributed by atoms with van der Waals surface area (Å²) in [7, 11) is -2.66. The fourth-order valence-corrected chi connectivity index (χ4v) is 4.07. The number of ether oxygens (including phenoxy) is 1. The molecule has 0 fully saturated rings. The van der Waals surface area contributed by atoms with Gasteiger partial charge in [-0.1, -0.05) is 41.9 Å². The van der Waals surface area contributed by atoms with Crippen LogP contribution in [0.25, 0.3) is 0 Å². The van der Waals surface area contributed by atoms with Crippen LogP contribution in [0.5, 0.6) is 5.75 Å². The normalized spacial score (nSPS) is 12.4. The van der Waals surface area contributed by atoms with Crippen LogP contribution in [-0.4, -0.2) is 34.0 Å². The molecule has 0 aliphatic carbocycles. The zero-order valence-electron chi connectivity index (χ0n) is 14.5. The first-order chi connectivity index (χ1) is 12.4. The second-order valence-electron chi connectivity index (χ2n) is 5.55. The lowest BCUT2D eigenvalue weighted by atomic mass is 10.1. The largest absolute Gasteiger partial charge is 0.495 e. The van der Waals surface area contributed by atoms with E-state index in [0.717, 1.165) is 5.56 Å². The Bertz CT molecular complexity index is 857. The summed E-state index contributed by atoms with van der Waals surface area (Å²) in [5.74, 6) is -0.253. The predicted octanol–water partition coefficient (Wildman–Crippen LogP) is 2.37. The molecule has 8 heteroatoms. The van der Waals surface area contributed by atoms with Gasteiger partial charge in [0, 0.05) is 11.6 Å². The van der Waals surface area contributed by atoms with Crippen LogP contribution < -0.4 is 14.8 Å². The molecule has 0 saturated heterocycles. The van der Waals surface area contributed by atoms with Gasteiger partial charge in [-0.3, -0.25) is 4.79 Å². The Balaban J connectivity index is 2.34. The topological polar surface area (TPSA) is 84.5 Å². The molecule has 0 bridgehead atoms. The van der Waals surface area contributed by atoms with Gasteiger partial charge in [0.05, 0.1) is 7.11 Å². The molecule has 2 aromatic rings. The van der Waals surface area contributed by atoms with E-state index in [2.05, 4.69) is 10.0 Å². The maximum absolute atomic E-state index is 12.8. The number of likely N-dealkylation sites (N-methyl/N-ethyl adjacent to an activating group) is 1. The van der Waals surface area contributed by atoms with Crippen molar-refractivity contribution in [1.82, 2.24) is 10.0 Å². The number of carbonyl (C=O) groups is 1. The number of benzene rings is 2. The number of methoxy groups -OCH3 is 1. The van der Waals surface area contributed by atoms with Crippen LogP contribution >= 0.6 is 11.6 Å². The highest BCUT2D eigenvalue weighted by Gasteiger charge is 2.28. The smallest absolute Gasteiger partial charge is 0.245 e. The van der Waals surface area contributed by atoms with Crippen molar-refractivity contribution in [2.75, 3.05) is 13.7 Å². The number of hydrogen-bond acceptors (Lipinski definition) is 4. The van der Waals surface area contributed by atoms with Gasteiger partial charge in [0.15, 0.2) is 0 Å². The molecule has 0 heterocycles. The molecule has 0 aliphatic rings. The van der Waals surface area contributed by atoms with Crippen molar-refractivity contribution in [3.8, 4) is 5.75 Å². The molecule has 0 radical (unpaired) electrons. The van der Waals surface area contributed by atoms with Gasteiger partial charge in [0.25, 0.3) is 0 Å². The molecular weight excluding hydrogens is 376 g/mol. The molecule has 1 unspecified atom stereocenters.